The van der Waals surface area contributed by atoms with Crippen LogP contribution in [0.15, 0.2) is 42.7 Å². The molecule has 0 spiro atoms. The molecule has 0 fully saturated rings. The molecule has 0 unspecified atom stereocenters. The Morgan fingerprint density at radius 3 is 2.65 bits per heavy atom. The minimum absolute atomic E-state index is 0.195. The van der Waals surface area contributed by atoms with E-state index in [9.17, 15) is 4.39 Å². The highest BCUT2D eigenvalue weighted by Gasteiger charge is 2.09. The van der Waals surface area contributed by atoms with Crippen LogP contribution in [0.3, 0.4) is 0 Å². The van der Waals surface area contributed by atoms with Gasteiger partial charge in [0.25, 0.3) is 0 Å². The molecule has 0 aliphatic rings. The second-order valence-corrected chi connectivity index (χ2v) is 4.76. The fraction of sp³-hybridized carbons (Fsp3) is 0.312. The summed E-state index contributed by atoms with van der Waals surface area (Å²) in [5, 5.41) is 3.25. The lowest BCUT2D eigenvalue weighted by Gasteiger charge is -2.23. The fourth-order valence-electron chi connectivity index (χ4n) is 2.17. The molecule has 106 valence electrons. The van der Waals surface area contributed by atoms with Crippen molar-refractivity contribution >= 4 is 5.69 Å². The van der Waals surface area contributed by atoms with Crippen LogP contribution in [0, 0.1) is 5.82 Å². The van der Waals surface area contributed by atoms with Crippen LogP contribution in [0.25, 0.3) is 0 Å². The van der Waals surface area contributed by atoms with Gasteiger partial charge in [0, 0.05) is 38.2 Å². The Morgan fingerprint density at radius 2 is 1.95 bits per heavy atom. The van der Waals surface area contributed by atoms with Gasteiger partial charge in [0.1, 0.15) is 5.82 Å². The number of rotatable bonds is 6. The molecular formula is C16H20FN3. The SMILES string of the molecule is CCNCc1cc(F)ccc1N(C)Cc1ccncc1. The number of anilines is 1. The normalized spacial score (nSPS) is 10.6. The Morgan fingerprint density at radius 1 is 1.20 bits per heavy atom. The summed E-state index contributed by atoms with van der Waals surface area (Å²) < 4.78 is 13.4. The summed E-state index contributed by atoms with van der Waals surface area (Å²) in [6, 6.07) is 8.92. The zero-order valence-corrected chi connectivity index (χ0v) is 11.9. The van der Waals surface area contributed by atoms with Crippen molar-refractivity contribution < 1.29 is 4.39 Å². The Hall–Kier alpha value is -1.94. The fourth-order valence-corrected chi connectivity index (χ4v) is 2.17. The molecule has 2 aromatic rings. The van der Waals surface area contributed by atoms with E-state index in [1.807, 2.05) is 32.2 Å². The lowest BCUT2D eigenvalue weighted by molar-refractivity contribution is 0.621. The van der Waals surface area contributed by atoms with Crippen LogP contribution in [0.2, 0.25) is 0 Å². The molecule has 0 radical (unpaired) electrons. The lowest BCUT2D eigenvalue weighted by atomic mass is 10.1. The zero-order chi connectivity index (χ0) is 14.4. The maximum absolute atomic E-state index is 13.4. The summed E-state index contributed by atoms with van der Waals surface area (Å²) in [4.78, 5) is 6.14. The van der Waals surface area contributed by atoms with Gasteiger partial charge in [0.2, 0.25) is 0 Å². The smallest absolute Gasteiger partial charge is 0.123 e. The molecule has 0 aliphatic heterocycles. The van der Waals surface area contributed by atoms with E-state index in [0.29, 0.717) is 6.54 Å². The van der Waals surface area contributed by atoms with Crippen molar-refractivity contribution in [3.63, 3.8) is 0 Å². The molecule has 0 saturated carbocycles. The van der Waals surface area contributed by atoms with Crippen LogP contribution >= 0.6 is 0 Å². The van der Waals surface area contributed by atoms with Crippen LogP contribution in [-0.4, -0.2) is 18.6 Å². The molecule has 1 heterocycles. The summed E-state index contributed by atoms with van der Waals surface area (Å²) in [6.45, 7) is 4.35. The Bertz CT molecular complexity index is 543. The molecule has 2 rings (SSSR count). The van der Waals surface area contributed by atoms with Crippen molar-refractivity contribution in [2.75, 3.05) is 18.5 Å². The third kappa shape index (κ3) is 3.78. The lowest BCUT2D eigenvalue weighted by Crippen LogP contribution is -2.20. The predicted octanol–water partition coefficient (Wildman–Crippen LogP) is 2.97. The summed E-state index contributed by atoms with van der Waals surface area (Å²) in [7, 11) is 2.02. The first-order valence-corrected chi connectivity index (χ1v) is 6.80. The second kappa shape index (κ2) is 7.01. The standard InChI is InChI=1S/C16H20FN3/c1-3-18-11-14-10-15(17)4-5-16(14)20(2)12-13-6-8-19-9-7-13/h4-10,18H,3,11-12H2,1-2H3. The maximum Gasteiger partial charge on any atom is 0.123 e. The van der Waals surface area contributed by atoms with E-state index >= 15 is 0 Å². The topological polar surface area (TPSA) is 28.2 Å². The monoisotopic (exact) mass is 273 g/mol. The van der Waals surface area contributed by atoms with Crippen molar-refractivity contribution in [2.45, 2.75) is 20.0 Å². The van der Waals surface area contributed by atoms with Gasteiger partial charge in [0.15, 0.2) is 0 Å². The minimum atomic E-state index is -0.195. The summed E-state index contributed by atoms with van der Waals surface area (Å²) in [6.07, 6.45) is 3.57. The van der Waals surface area contributed by atoms with E-state index in [4.69, 9.17) is 0 Å². The van der Waals surface area contributed by atoms with Crippen molar-refractivity contribution in [3.8, 4) is 0 Å². The summed E-state index contributed by atoms with van der Waals surface area (Å²) in [5.74, 6) is -0.195. The number of pyridine rings is 1. The van der Waals surface area contributed by atoms with Gasteiger partial charge in [-0.25, -0.2) is 4.39 Å². The highest BCUT2D eigenvalue weighted by Crippen LogP contribution is 2.22. The van der Waals surface area contributed by atoms with Crippen molar-refractivity contribution in [2.24, 2.45) is 0 Å². The van der Waals surface area contributed by atoms with Gasteiger partial charge >= 0.3 is 0 Å². The molecule has 0 saturated heterocycles. The van der Waals surface area contributed by atoms with E-state index in [0.717, 1.165) is 24.3 Å². The van der Waals surface area contributed by atoms with Crippen molar-refractivity contribution in [3.05, 3.63) is 59.7 Å². The number of nitrogens with zero attached hydrogens (tertiary/aromatic N) is 2. The van der Waals surface area contributed by atoms with Crippen molar-refractivity contribution in [1.82, 2.24) is 10.3 Å². The molecule has 4 heteroatoms. The summed E-state index contributed by atoms with van der Waals surface area (Å²) in [5.41, 5.74) is 3.20. The quantitative estimate of drug-likeness (QED) is 0.877. The number of benzene rings is 1. The van der Waals surface area contributed by atoms with Gasteiger partial charge in [0.05, 0.1) is 0 Å². The molecule has 0 amide bonds. The molecule has 0 atom stereocenters. The third-order valence-electron chi connectivity index (χ3n) is 3.19. The van der Waals surface area contributed by atoms with E-state index in [1.54, 1.807) is 18.5 Å². The van der Waals surface area contributed by atoms with Crippen molar-refractivity contribution in [1.29, 1.82) is 0 Å². The van der Waals surface area contributed by atoms with Gasteiger partial charge in [-0.05, 0) is 48.0 Å². The van der Waals surface area contributed by atoms with Gasteiger partial charge in [-0.1, -0.05) is 6.92 Å². The van der Waals surface area contributed by atoms with Gasteiger partial charge in [-0.15, -0.1) is 0 Å². The molecule has 3 nitrogen and oxygen atoms in total. The first kappa shape index (κ1) is 14.5. The molecular weight excluding hydrogens is 253 g/mol. The average molecular weight is 273 g/mol. The van der Waals surface area contributed by atoms with Gasteiger partial charge in [-0.3, -0.25) is 4.98 Å². The van der Waals surface area contributed by atoms with Gasteiger partial charge < -0.3 is 10.2 Å². The largest absolute Gasteiger partial charge is 0.370 e. The van der Waals surface area contributed by atoms with E-state index < -0.39 is 0 Å². The second-order valence-electron chi connectivity index (χ2n) is 4.76. The Balaban J connectivity index is 2.18. The maximum atomic E-state index is 13.4. The number of aromatic nitrogens is 1. The average Bonchev–Trinajstić information content (AvgIpc) is 2.46. The molecule has 20 heavy (non-hydrogen) atoms. The number of halogens is 1. The molecule has 0 aliphatic carbocycles. The summed E-state index contributed by atoms with van der Waals surface area (Å²) >= 11 is 0. The van der Waals surface area contributed by atoms with E-state index in [-0.39, 0.29) is 5.82 Å². The highest BCUT2D eigenvalue weighted by atomic mass is 19.1. The zero-order valence-electron chi connectivity index (χ0n) is 11.9. The van der Waals surface area contributed by atoms with E-state index in [2.05, 4.69) is 15.2 Å². The van der Waals surface area contributed by atoms with Crippen LogP contribution < -0.4 is 10.2 Å². The molecule has 0 bridgehead atoms. The first-order valence-electron chi connectivity index (χ1n) is 6.80. The molecule has 1 N–H and O–H groups in total. The number of hydrogen-bond acceptors (Lipinski definition) is 3. The van der Waals surface area contributed by atoms with Crippen LogP contribution in [0.5, 0.6) is 0 Å². The minimum Gasteiger partial charge on any atom is -0.370 e. The Labute approximate surface area is 119 Å². The molecule has 1 aromatic carbocycles. The van der Waals surface area contributed by atoms with E-state index in [1.165, 1.54) is 11.6 Å². The number of hydrogen-bond donors (Lipinski definition) is 1. The molecule has 1 aromatic heterocycles. The van der Waals surface area contributed by atoms with Crippen LogP contribution in [0.1, 0.15) is 18.1 Å². The third-order valence-corrected chi connectivity index (χ3v) is 3.19. The number of nitrogens with one attached hydrogen (secondary N) is 1. The predicted molar refractivity (Wildman–Crippen MR) is 80.1 cm³/mol. The van der Waals surface area contributed by atoms with Crippen LogP contribution in [-0.2, 0) is 13.1 Å². The highest BCUT2D eigenvalue weighted by molar-refractivity contribution is 5.53. The first-order chi connectivity index (χ1) is 9.70. The van der Waals surface area contributed by atoms with Crippen LogP contribution in [0.4, 0.5) is 10.1 Å². The van der Waals surface area contributed by atoms with Gasteiger partial charge in [-0.2, -0.15) is 0 Å². The Kier molecular flexibility index (Phi) is 5.07.